The van der Waals surface area contributed by atoms with Crippen molar-refractivity contribution in [2.75, 3.05) is 6.54 Å². The highest BCUT2D eigenvalue weighted by Gasteiger charge is 2.21. The highest BCUT2D eigenvalue weighted by molar-refractivity contribution is 4.76. The average molecular weight is 211 g/mol. The Bertz CT molecular complexity index is 149. The van der Waals surface area contributed by atoms with Crippen molar-refractivity contribution in [1.29, 1.82) is 0 Å². The van der Waals surface area contributed by atoms with Gasteiger partial charge >= 0.3 is 0 Å². The van der Waals surface area contributed by atoms with E-state index in [1.54, 1.807) is 0 Å². The summed E-state index contributed by atoms with van der Waals surface area (Å²) in [5.74, 6) is 2.71. The van der Waals surface area contributed by atoms with E-state index in [9.17, 15) is 0 Å². The predicted octanol–water partition coefficient (Wildman–Crippen LogP) is 3.84. The van der Waals surface area contributed by atoms with E-state index in [2.05, 4.69) is 33.0 Å². The maximum atomic E-state index is 3.75. The highest BCUT2D eigenvalue weighted by atomic mass is 14.9. The molecule has 0 amide bonds. The Morgan fingerprint density at radius 3 is 1.93 bits per heavy atom. The van der Waals surface area contributed by atoms with Crippen LogP contribution in [-0.4, -0.2) is 12.6 Å². The molecule has 1 aliphatic rings. The molecule has 0 spiro atoms. The largest absolute Gasteiger partial charge is 0.314 e. The Kier molecular flexibility index (Phi) is 5.66. The molecule has 1 aliphatic carbocycles. The van der Waals surface area contributed by atoms with Gasteiger partial charge in [-0.3, -0.25) is 0 Å². The molecule has 1 fully saturated rings. The molecule has 0 atom stereocenters. The summed E-state index contributed by atoms with van der Waals surface area (Å²) >= 11 is 0. The fraction of sp³-hybridized carbons (Fsp3) is 1.00. The predicted molar refractivity (Wildman–Crippen MR) is 68.0 cm³/mol. The molecule has 1 N–H and O–H groups in total. The van der Waals surface area contributed by atoms with Crippen LogP contribution in [0.3, 0.4) is 0 Å². The van der Waals surface area contributed by atoms with Crippen LogP contribution in [0.5, 0.6) is 0 Å². The molecule has 90 valence electrons. The molecule has 0 saturated heterocycles. The lowest BCUT2D eigenvalue weighted by atomic mass is 9.95. The van der Waals surface area contributed by atoms with Crippen LogP contribution in [0, 0.1) is 17.8 Å². The summed E-state index contributed by atoms with van der Waals surface area (Å²) < 4.78 is 0. The smallest absolute Gasteiger partial charge is 0.00719 e. The van der Waals surface area contributed by atoms with E-state index >= 15 is 0 Å². The minimum Gasteiger partial charge on any atom is -0.314 e. The third-order valence-corrected chi connectivity index (χ3v) is 3.19. The SMILES string of the molecule is CC(C)CC(CC(C)C)NCCC1CC1. The summed E-state index contributed by atoms with van der Waals surface area (Å²) in [6, 6.07) is 0.753. The second kappa shape index (κ2) is 6.52. The Hall–Kier alpha value is -0.0400. The lowest BCUT2D eigenvalue weighted by Crippen LogP contribution is -2.32. The van der Waals surface area contributed by atoms with Gasteiger partial charge in [-0.2, -0.15) is 0 Å². The van der Waals surface area contributed by atoms with Gasteiger partial charge in [0.25, 0.3) is 0 Å². The third kappa shape index (κ3) is 6.94. The quantitative estimate of drug-likeness (QED) is 0.643. The van der Waals surface area contributed by atoms with Crippen LogP contribution in [0.1, 0.15) is 59.8 Å². The molecule has 0 radical (unpaired) electrons. The van der Waals surface area contributed by atoms with E-state index < -0.39 is 0 Å². The number of hydrogen-bond donors (Lipinski definition) is 1. The summed E-state index contributed by atoms with van der Waals surface area (Å²) in [7, 11) is 0. The maximum Gasteiger partial charge on any atom is 0.00719 e. The van der Waals surface area contributed by atoms with Gasteiger partial charge in [0.1, 0.15) is 0 Å². The number of hydrogen-bond acceptors (Lipinski definition) is 1. The van der Waals surface area contributed by atoms with Crippen LogP contribution in [0.2, 0.25) is 0 Å². The lowest BCUT2D eigenvalue weighted by molar-refractivity contribution is 0.356. The van der Waals surface area contributed by atoms with Crippen molar-refractivity contribution in [2.24, 2.45) is 17.8 Å². The molecule has 0 aromatic heterocycles. The van der Waals surface area contributed by atoms with Crippen molar-refractivity contribution in [3.63, 3.8) is 0 Å². The van der Waals surface area contributed by atoms with Crippen molar-refractivity contribution in [1.82, 2.24) is 5.32 Å². The van der Waals surface area contributed by atoms with E-state index in [4.69, 9.17) is 0 Å². The topological polar surface area (TPSA) is 12.0 Å². The van der Waals surface area contributed by atoms with Crippen LogP contribution in [0.15, 0.2) is 0 Å². The zero-order chi connectivity index (χ0) is 11.3. The van der Waals surface area contributed by atoms with Gasteiger partial charge < -0.3 is 5.32 Å². The molecule has 0 unspecified atom stereocenters. The molecule has 0 aromatic carbocycles. The Balaban J connectivity index is 2.13. The summed E-state index contributed by atoms with van der Waals surface area (Å²) in [5.41, 5.74) is 0. The molecular weight excluding hydrogens is 182 g/mol. The van der Waals surface area contributed by atoms with E-state index in [1.165, 1.54) is 38.6 Å². The normalized spacial score (nSPS) is 17.0. The van der Waals surface area contributed by atoms with E-state index in [1.807, 2.05) is 0 Å². The first-order chi connectivity index (χ1) is 7.08. The molecular formula is C14H29N. The van der Waals surface area contributed by atoms with Crippen LogP contribution in [0.25, 0.3) is 0 Å². The van der Waals surface area contributed by atoms with Crippen LogP contribution < -0.4 is 5.32 Å². The Morgan fingerprint density at radius 2 is 1.53 bits per heavy atom. The van der Waals surface area contributed by atoms with Crippen molar-refractivity contribution in [3.8, 4) is 0 Å². The number of rotatable bonds is 8. The van der Waals surface area contributed by atoms with Crippen LogP contribution in [-0.2, 0) is 0 Å². The fourth-order valence-electron chi connectivity index (χ4n) is 2.30. The van der Waals surface area contributed by atoms with Gasteiger partial charge in [0.15, 0.2) is 0 Å². The van der Waals surface area contributed by atoms with Gasteiger partial charge in [-0.05, 0) is 43.6 Å². The van der Waals surface area contributed by atoms with Crippen molar-refractivity contribution >= 4 is 0 Å². The average Bonchev–Trinajstić information content (AvgIpc) is 2.85. The van der Waals surface area contributed by atoms with Crippen molar-refractivity contribution in [3.05, 3.63) is 0 Å². The van der Waals surface area contributed by atoms with Gasteiger partial charge in [0.05, 0.1) is 0 Å². The van der Waals surface area contributed by atoms with Crippen LogP contribution in [0.4, 0.5) is 0 Å². The first-order valence-corrected chi connectivity index (χ1v) is 6.81. The molecule has 1 heteroatoms. The summed E-state index contributed by atoms with van der Waals surface area (Å²) in [5, 5.41) is 3.75. The highest BCUT2D eigenvalue weighted by Crippen LogP contribution is 2.31. The van der Waals surface area contributed by atoms with E-state index in [0.717, 1.165) is 23.8 Å². The fourth-order valence-corrected chi connectivity index (χ4v) is 2.30. The monoisotopic (exact) mass is 211 g/mol. The minimum absolute atomic E-state index is 0.753. The summed E-state index contributed by atoms with van der Waals surface area (Å²) in [6.45, 7) is 10.6. The Labute approximate surface area is 96.0 Å². The van der Waals surface area contributed by atoms with Crippen LogP contribution >= 0.6 is 0 Å². The molecule has 0 aliphatic heterocycles. The Morgan fingerprint density at radius 1 is 1.00 bits per heavy atom. The molecule has 1 nitrogen and oxygen atoms in total. The standard InChI is InChI=1S/C14H29N/c1-11(2)9-14(10-12(3)4)15-8-7-13-5-6-13/h11-15H,5-10H2,1-4H3. The van der Waals surface area contributed by atoms with E-state index in [-0.39, 0.29) is 0 Å². The molecule has 0 bridgehead atoms. The van der Waals surface area contributed by atoms with E-state index in [0.29, 0.717) is 0 Å². The second-order valence-electron chi connectivity index (χ2n) is 6.14. The second-order valence-corrected chi connectivity index (χ2v) is 6.14. The minimum atomic E-state index is 0.753. The molecule has 0 aromatic rings. The molecule has 1 rings (SSSR count). The van der Waals surface area contributed by atoms with Crippen molar-refractivity contribution < 1.29 is 0 Å². The summed E-state index contributed by atoms with van der Waals surface area (Å²) in [4.78, 5) is 0. The van der Waals surface area contributed by atoms with Crippen molar-refractivity contribution in [2.45, 2.75) is 65.8 Å². The lowest BCUT2D eigenvalue weighted by Gasteiger charge is -2.22. The first kappa shape index (κ1) is 13.0. The van der Waals surface area contributed by atoms with Gasteiger partial charge in [0, 0.05) is 6.04 Å². The zero-order valence-electron chi connectivity index (χ0n) is 11.1. The van der Waals surface area contributed by atoms with Gasteiger partial charge in [-0.15, -0.1) is 0 Å². The zero-order valence-corrected chi connectivity index (χ0v) is 11.1. The first-order valence-electron chi connectivity index (χ1n) is 6.81. The molecule has 0 heterocycles. The van der Waals surface area contributed by atoms with Gasteiger partial charge in [0.2, 0.25) is 0 Å². The van der Waals surface area contributed by atoms with Gasteiger partial charge in [-0.25, -0.2) is 0 Å². The molecule has 1 saturated carbocycles. The van der Waals surface area contributed by atoms with Gasteiger partial charge in [-0.1, -0.05) is 40.5 Å². The number of nitrogens with one attached hydrogen (secondary N) is 1. The summed E-state index contributed by atoms with van der Waals surface area (Å²) in [6.07, 6.45) is 7.06. The molecule has 15 heavy (non-hydrogen) atoms. The third-order valence-electron chi connectivity index (χ3n) is 3.19. The maximum absolute atomic E-state index is 3.75.